The molecule has 6 N–H and O–H groups in total. The molecule has 6 nitrogen and oxygen atoms in total. The number of nitrogens with two attached hydrogens (primary N) is 2. The van der Waals surface area contributed by atoms with E-state index >= 15 is 0 Å². The first kappa shape index (κ1) is 25.7. The first-order chi connectivity index (χ1) is 12.2. The summed E-state index contributed by atoms with van der Waals surface area (Å²) in [6, 6.07) is 0.0361. The lowest BCUT2D eigenvalue weighted by Gasteiger charge is -2.31. The van der Waals surface area contributed by atoms with Crippen LogP contribution in [-0.4, -0.2) is 53.9 Å². The summed E-state index contributed by atoms with van der Waals surface area (Å²) in [7, 11) is 1.83. The Balaban J connectivity index is 0.00000141. The molecule has 5 atom stereocenters. The van der Waals surface area contributed by atoms with Gasteiger partial charge in [0.15, 0.2) is 0 Å². The van der Waals surface area contributed by atoms with Crippen LogP contribution in [0.5, 0.6) is 0 Å². The second kappa shape index (κ2) is 14.7. The number of Topliss-reactive ketones (excluding diaryl/α,β-unsaturated/α-hetero) is 1. The number of amides is 1. The van der Waals surface area contributed by atoms with E-state index in [0.29, 0.717) is 6.54 Å². The number of carbonyl (C=O) groups excluding carboxylic acids is 2. The number of hydrogen-bond acceptors (Lipinski definition) is 7. The summed E-state index contributed by atoms with van der Waals surface area (Å²) in [5.74, 6) is 0.232. The maximum absolute atomic E-state index is 12.4. The maximum Gasteiger partial charge on any atom is 0.237 e. The van der Waals surface area contributed by atoms with Crippen molar-refractivity contribution in [2.24, 2.45) is 11.5 Å². The molecule has 0 aromatic rings. The Bertz CT molecular complexity index is 409. The van der Waals surface area contributed by atoms with Gasteiger partial charge in [0.05, 0.1) is 6.04 Å². The van der Waals surface area contributed by atoms with E-state index in [-0.39, 0.29) is 40.3 Å². The highest BCUT2D eigenvalue weighted by Gasteiger charge is 2.27. The van der Waals surface area contributed by atoms with Gasteiger partial charge in [-0.2, -0.15) is 25.3 Å². The first-order valence-corrected chi connectivity index (χ1v) is 10.5. The monoisotopic (exact) mass is 406 g/mol. The maximum atomic E-state index is 12.4. The molecule has 0 bridgehead atoms. The Morgan fingerprint density at radius 3 is 2.27 bits per heavy atom. The molecule has 1 aliphatic rings. The van der Waals surface area contributed by atoms with Gasteiger partial charge in [0, 0.05) is 22.6 Å². The van der Waals surface area contributed by atoms with E-state index in [9.17, 15) is 9.59 Å². The molecule has 1 saturated carbocycles. The van der Waals surface area contributed by atoms with Crippen molar-refractivity contribution in [3.63, 3.8) is 0 Å². The van der Waals surface area contributed by atoms with Crippen LogP contribution in [0.3, 0.4) is 0 Å². The number of carbonyl (C=O) groups is 2. The summed E-state index contributed by atoms with van der Waals surface area (Å²) in [4.78, 5) is 21.9. The topological polar surface area (TPSA) is 110 Å². The highest BCUT2D eigenvalue weighted by atomic mass is 32.1. The van der Waals surface area contributed by atoms with Crippen molar-refractivity contribution in [1.82, 2.24) is 10.6 Å². The minimum absolute atomic E-state index is 0.0630. The number of rotatable bonds is 7. The summed E-state index contributed by atoms with van der Waals surface area (Å²) < 4.78 is 0. The summed E-state index contributed by atoms with van der Waals surface area (Å²) in [6.45, 7) is 3.73. The van der Waals surface area contributed by atoms with Crippen molar-refractivity contribution in [2.45, 2.75) is 87.4 Å². The summed E-state index contributed by atoms with van der Waals surface area (Å²) in [5.41, 5.74) is 11.7. The standard InChI is InChI=1S/C15H32N4OS2.C3H6O/c1-18-12(4-2-3-7-16)15(20)19-11-5-6-13(21)14(22)9-10(17)8-11;1-3(2)4/h10-14,18,21-22H,2-9,16-17H2,1H3,(H,19,20);1-2H3/t10?,11?,12-,13?,14?;/m0./s1. The Labute approximate surface area is 169 Å². The molecule has 0 saturated heterocycles. The minimum atomic E-state index is -0.155. The van der Waals surface area contributed by atoms with Crippen molar-refractivity contribution in [2.75, 3.05) is 13.6 Å². The molecule has 8 heteroatoms. The predicted molar refractivity (Wildman–Crippen MR) is 116 cm³/mol. The molecular weight excluding hydrogens is 368 g/mol. The highest BCUT2D eigenvalue weighted by Crippen LogP contribution is 2.25. The average molecular weight is 407 g/mol. The largest absolute Gasteiger partial charge is 0.352 e. The first-order valence-electron chi connectivity index (χ1n) is 9.47. The average Bonchev–Trinajstić information content (AvgIpc) is 2.54. The fourth-order valence-corrected chi connectivity index (χ4v) is 3.63. The van der Waals surface area contributed by atoms with Crippen molar-refractivity contribution in [3.8, 4) is 0 Å². The second-order valence-electron chi connectivity index (χ2n) is 7.18. The molecule has 1 rings (SSSR count). The van der Waals surface area contributed by atoms with Crippen LogP contribution in [0.2, 0.25) is 0 Å². The number of nitrogens with one attached hydrogen (secondary N) is 2. The third-order valence-electron chi connectivity index (χ3n) is 4.34. The molecule has 0 aliphatic heterocycles. The van der Waals surface area contributed by atoms with E-state index in [4.69, 9.17) is 11.5 Å². The normalized spacial score (nSPS) is 27.3. The quantitative estimate of drug-likeness (QED) is 0.282. The van der Waals surface area contributed by atoms with Crippen molar-refractivity contribution >= 4 is 36.9 Å². The second-order valence-corrected chi connectivity index (χ2v) is 8.51. The smallest absolute Gasteiger partial charge is 0.237 e. The van der Waals surface area contributed by atoms with Crippen LogP contribution in [0.15, 0.2) is 0 Å². The number of hydrogen-bond donors (Lipinski definition) is 6. The molecular formula is C18H38N4O2S2. The molecule has 1 fully saturated rings. The molecule has 0 aromatic carbocycles. The van der Waals surface area contributed by atoms with Crippen molar-refractivity contribution in [1.29, 1.82) is 0 Å². The number of unbranched alkanes of at least 4 members (excludes halogenated alkanes) is 1. The van der Waals surface area contributed by atoms with Crippen LogP contribution < -0.4 is 22.1 Å². The SMILES string of the molecule is CC(C)=O.CN[C@@H](CCCCN)C(=O)NC1CCC(S)C(S)CC(N)C1. The van der Waals surface area contributed by atoms with Crippen LogP contribution in [0.1, 0.15) is 58.8 Å². The number of ketones is 1. The van der Waals surface area contributed by atoms with Crippen LogP contribution in [0, 0.1) is 0 Å². The number of thiol groups is 2. The van der Waals surface area contributed by atoms with Crippen LogP contribution >= 0.6 is 25.3 Å². The van der Waals surface area contributed by atoms with E-state index in [2.05, 4.69) is 35.9 Å². The number of likely N-dealkylation sites (N-methyl/N-ethyl adjacent to an activating group) is 1. The van der Waals surface area contributed by atoms with Gasteiger partial charge in [0.25, 0.3) is 0 Å². The molecule has 154 valence electrons. The van der Waals surface area contributed by atoms with E-state index in [1.54, 1.807) is 0 Å². The fraction of sp³-hybridized carbons (Fsp3) is 0.889. The van der Waals surface area contributed by atoms with Crippen LogP contribution in [0.4, 0.5) is 0 Å². The van der Waals surface area contributed by atoms with Gasteiger partial charge in [-0.25, -0.2) is 0 Å². The zero-order chi connectivity index (χ0) is 20.1. The molecule has 4 unspecified atom stereocenters. The molecule has 0 aromatic heterocycles. The molecule has 26 heavy (non-hydrogen) atoms. The summed E-state index contributed by atoms with van der Waals surface area (Å²) >= 11 is 9.16. The van der Waals surface area contributed by atoms with E-state index in [1.807, 2.05) is 7.05 Å². The highest BCUT2D eigenvalue weighted by molar-refractivity contribution is 7.85. The molecule has 0 heterocycles. The Morgan fingerprint density at radius 2 is 1.73 bits per heavy atom. The summed E-state index contributed by atoms with van der Waals surface area (Å²) in [5, 5.41) is 6.72. The van der Waals surface area contributed by atoms with Crippen molar-refractivity contribution < 1.29 is 9.59 Å². The Kier molecular flexibility index (Phi) is 14.6. The Hall–Kier alpha value is -0.280. The molecule has 1 aliphatic carbocycles. The lowest BCUT2D eigenvalue weighted by molar-refractivity contribution is -0.124. The van der Waals surface area contributed by atoms with Crippen molar-refractivity contribution in [3.05, 3.63) is 0 Å². The van der Waals surface area contributed by atoms with Gasteiger partial charge in [-0.3, -0.25) is 4.79 Å². The van der Waals surface area contributed by atoms with Gasteiger partial charge in [-0.1, -0.05) is 6.42 Å². The van der Waals surface area contributed by atoms with Crippen LogP contribution in [0.25, 0.3) is 0 Å². The fourth-order valence-electron chi connectivity index (χ4n) is 2.94. The predicted octanol–water partition coefficient (Wildman–Crippen LogP) is 1.28. The third kappa shape index (κ3) is 12.2. The van der Waals surface area contributed by atoms with E-state index in [0.717, 1.165) is 44.9 Å². The van der Waals surface area contributed by atoms with Gasteiger partial charge in [0.2, 0.25) is 5.91 Å². The Morgan fingerprint density at radius 1 is 1.12 bits per heavy atom. The lowest BCUT2D eigenvalue weighted by Crippen LogP contribution is -2.49. The van der Waals surface area contributed by atoms with Gasteiger partial charge < -0.3 is 26.9 Å². The van der Waals surface area contributed by atoms with Gasteiger partial charge >= 0.3 is 0 Å². The molecule has 0 radical (unpaired) electrons. The molecule has 1 amide bonds. The third-order valence-corrected chi connectivity index (χ3v) is 5.77. The summed E-state index contributed by atoms with van der Waals surface area (Å²) in [6.07, 6.45) is 6.23. The minimum Gasteiger partial charge on any atom is -0.352 e. The zero-order valence-electron chi connectivity index (χ0n) is 16.4. The lowest BCUT2D eigenvalue weighted by atomic mass is 9.92. The zero-order valence-corrected chi connectivity index (χ0v) is 18.2. The van der Waals surface area contributed by atoms with Gasteiger partial charge in [-0.15, -0.1) is 0 Å². The molecule has 0 spiro atoms. The van der Waals surface area contributed by atoms with Gasteiger partial charge in [-0.05, 0) is 66.0 Å². The van der Waals surface area contributed by atoms with E-state index < -0.39 is 0 Å². The van der Waals surface area contributed by atoms with Crippen LogP contribution in [-0.2, 0) is 9.59 Å². The van der Waals surface area contributed by atoms with Gasteiger partial charge in [0.1, 0.15) is 5.78 Å². The van der Waals surface area contributed by atoms with E-state index in [1.165, 1.54) is 13.8 Å².